The molecule has 136 valence electrons. The van der Waals surface area contributed by atoms with E-state index >= 15 is 0 Å². The van der Waals surface area contributed by atoms with Crippen LogP contribution in [0.3, 0.4) is 0 Å². The molecule has 9 atom stereocenters. The van der Waals surface area contributed by atoms with Crippen LogP contribution >= 0.6 is 0 Å². The molecule has 24 heavy (non-hydrogen) atoms. The van der Waals surface area contributed by atoms with E-state index < -0.39 is 61.4 Å². The summed E-state index contributed by atoms with van der Waals surface area (Å²) in [7, 11) is 0. The summed E-state index contributed by atoms with van der Waals surface area (Å²) in [5, 5.41) is 48.2. The van der Waals surface area contributed by atoms with Crippen molar-refractivity contribution in [2.24, 2.45) is 17.8 Å². The quantitative estimate of drug-likeness (QED) is 0.406. The minimum Gasteiger partial charge on any atom is -0.481 e. The van der Waals surface area contributed by atoms with Gasteiger partial charge in [-0.2, -0.15) is 0 Å². The van der Waals surface area contributed by atoms with Crippen molar-refractivity contribution in [2.75, 3.05) is 6.61 Å². The number of carboxylic acids is 1. The number of fused-ring (bicyclic) bond motifs is 1. The number of carbonyl (C=O) groups is 1. The molecule has 2 fully saturated rings. The molecule has 9 nitrogen and oxygen atoms in total. The number of rotatable bonds is 4. The Kier molecular flexibility index (Phi) is 5.09. The first-order valence-electron chi connectivity index (χ1n) is 7.95. The standard InChI is InChI=1S/C15H22O9/c16-5-8-10(17)11(18)12(19)15(23-8)24-14-9-6(3-4-22-14)1-2-7(9)13(20)21/h3-4,6-12,14-19H,1-2,5H2,(H,20,21)/t6-,7-,8+,9+,10+,11-,12+,14-,15+/m0/s1. The van der Waals surface area contributed by atoms with Crippen molar-refractivity contribution in [3.8, 4) is 0 Å². The average molecular weight is 346 g/mol. The third-order valence-electron chi connectivity index (χ3n) is 5.06. The Hall–Kier alpha value is -1.23. The molecule has 0 amide bonds. The lowest BCUT2D eigenvalue weighted by atomic mass is 9.87. The Balaban J connectivity index is 1.74. The van der Waals surface area contributed by atoms with E-state index in [9.17, 15) is 30.3 Å². The van der Waals surface area contributed by atoms with Gasteiger partial charge in [0.15, 0.2) is 6.29 Å². The molecule has 0 bridgehead atoms. The molecule has 1 saturated carbocycles. The van der Waals surface area contributed by atoms with E-state index in [0.29, 0.717) is 12.8 Å². The monoisotopic (exact) mass is 346 g/mol. The number of aliphatic hydroxyl groups is 4. The first-order chi connectivity index (χ1) is 11.4. The van der Waals surface area contributed by atoms with Gasteiger partial charge in [-0.1, -0.05) is 0 Å². The van der Waals surface area contributed by atoms with Gasteiger partial charge in [0.05, 0.1) is 18.8 Å². The molecular formula is C15H22O9. The SMILES string of the molecule is O=C(O)[C@H]1CC[C@H]2C=CO[C@@H](O[C@H]3O[C@H](CO)[C@@H](O)[C@H](O)[C@H]3O)[C@H]21. The highest BCUT2D eigenvalue weighted by Crippen LogP contribution is 2.44. The first kappa shape index (κ1) is 17.6. The van der Waals surface area contributed by atoms with Crippen LogP contribution in [-0.2, 0) is 19.0 Å². The molecule has 3 aliphatic rings. The topological polar surface area (TPSA) is 146 Å². The van der Waals surface area contributed by atoms with Crippen molar-refractivity contribution in [2.45, 2.75) is 49.8 Å². The summed E-state index contributed by atoms with van der Waals surface area (Å²) in [6, 6.07) is 0. The van der Waals surface area contributed by atoms with E-state index in [-0.39, 0.29) is 5.92 Å². The Labute approximate surface area is 138 Å². The molecule has 9 heteroatoms. The summed E-state index contributed by atoms with van der Waals surface area (Å²) in [4.78, 5) is 11.4. The molecule has 0 aromatic rings. The molecular weight excluding hydrogens is 324 g/mol. The number of hydrogen-bond acceptors (Lipinski definition) is 8. The fourth-order valence-corrected chi connectivity index (χ4v) is 3.71. The van der Waals surface area contributed by atoms with Crippen LogP contribution in [0.15, 0.2) is 12.3 Å². The Morgan fingerprint density at radius 2 is 1.88 bits per heavy atom. The maximum absolute atomic E-state index is 11.4. The van der Waals surface area contributed by atoms with Crippen molar-refractivity contribution >= 4 is 5.97 Å². The summed E-state index contributed by atoms with van der Waals surface area (Å²) in [5.41, 5.74) is 0. The highest BCUT2D eigenvalue weighted by Gasteiger charge is 2.50. The third-order valence-corrected chi connectivity index (χ3v) is 5.06. The lowest BCUT2D eigenvalue weighted by molar-refractivity contribution is -0.342. The second kappa shape index (κ2) is 6.95. The van der Waals surface area contributed by atoms with Gasteiger partial charge in [-0.3, -0.25) is 4.79 Å². The van der Waals surface area contributed by atoms with Gasteiger partial charge in [0, 0.05) is 5.92 Å². The van der Waals surface area contributed by atoms with Crippen molar-refractivity contribution < 1.29 is 44.5 Å². The van der Waals surface area contributed by atoms with Crippen LogP contribution in [0.5, 0.6) is 0 Å². The zero-order valence-electron chi connectivity index (χ0n) is 12.8. The maximum atomic E-state index is 11.4. The summed E-state index contributed by atoms with van der Waals surface area (Å²) in [6.45, 7) is -0.569. The number of carboxylic acid groups (broad SMARTS) is 1. The Bertz CT molecular complexity index is 493. The minimum atomic E-state index is -1.56. The molecule has 0 spiro atoms. The number of hydrogen-bond donors (Lipinski definition) is 5. The zero-order chi connectivity index (χ0) is 17.4. The number of aliphatic carboxylic acids is 1. The van der Waals surface area contributed by atoms with Crippen LogP contribution in [0.4, 0.5) is 0 Å². The molecule has 0 unspecified atom stereocenters. The van der Waals surface area contributed by atoms with Crippen molar-refractivity contribution in [3.05, 3.63) is 12.3 Å². The van der Waals surface area contributed by atoms with Crippen LogP contribution in [-0.4, -0.2) is 75.1 Å². The second-order valence-corrected chi connectivity index (χ2v) is 6.43. The highest BCUT2D eigenvalue weighted by molar-refractivity contribution is 5.71. The van der Waals surface area contributed by atoms with Gasteiger partial charge in [-0.15, -0.1) is 0 Å². The van der Waals surface area contributed by atoms with Gasteiger partial charge < -0.3 is 39.7 Å². The maximum Gasteiger partial charge on any atom is 0.307 e. The van der Waals surface area contributed by atoms with E-state index in [4.69, 9.17) is 14.2 Å². The van der Waals surface area contributed by atoms with Crippen LogP contribution in [0.2, 0.25) is 0 Å². The van der Waals surface area contributed by atoms with Gasteiger partial charge in [0.1, 0.15) is 24.4 Å². The lowest BCUT2D eigenvalue weighted by Crippen LogP contribution is -2.60. The predicted molar refractivity (Wildman–Crippen MR) is 76.2 cm³/mol. The van der Waals surface area contributed by atoms with E-state index in [2.05, 4.69) is 0 Å². The molecule has 3 rings (SSSR count). The van der Waals surface area contributed by atoms with Crippen LogP contribution in [0.1, 0.15) is 12.8 Å². The van der Waals surface area contributed by atoms with E-state index in [1.807, 2.05) is 0 Å². The molecule has 2 aliphatic heterocycles. The van der Waals surface area contributed by atoms with Gasteiger partial charge in [-0.25, -0.2) is 0 Å². The van der Waals surface area contributed by atoms with Gasteiger partial charge >= 0.3 is 5.97 Å². The van der Waals surface area contributed by atoms with Crippen LogP contribution in [0, 0.1) is 17.8 Å². The molecule has 0 aromatic heterocycles. The number of allylic oxidation sites excluding steroid dienone is 1. The molecule has 1 saturated heterocycles. The van der Waals surface area contributed by atoms with E-state index in [1.54, 1.807) is 6.08 Å². The molecule has 2 heterocycles. The largest absolute Gasteiger partial charge is 0.481 e. The number of ether oxygens (including phenoxy) is 3. The second-order valence-electron chi connectivity index (χ2n) is 6.43. The fraction of sp³-hybridized carbons (Fsp3) is 0.800. The van der Waals surface area contributed by atoms with Crippen molar-refractivity contribution in [1.82, 2.24) is 0 Å². The molecule has 0 aromatic carbocycles. The van der Waals surface area contributed by atoms with Gasteiger partial charge in [0.25, 0.3) is 0 Å². The summed E-state index contributed by atoms with van der Waals surface area (Å²) < 4.78 is 16.3. The normalized spacial score (nSPS) is 47.9. The van der Waals surface area contributed by atoms with E-state index in [0.717, 1.165) is 0 Å². The average Bonchev–Trinajstić information content (AvgIpc) is 3.00. The predicted octanol–water partition coefficient (Wildman–Crippen LogP) is -1.60. The molecule has 0 radical (unpaired) electrons. The van der Waals surface area contributed by atoms with Gasteiger partial charge in [-0.05, 0) is 24.8 Å². The van der Waals surface area contributed by atoms with Crippen LogP contribution < -0.4 is 0 Å². The molecule has 1 aliphatic carbocycles. The smallest absolute Gasteiger partial charge is 0.307 e. The Morgan fingerprint density at radius 1 is 1.12 bits per heavy atom. The third kappa shape index (κ3) is 3.03. The molecule has 5 N–H and O–H groups in total. The van der Waals surface area contributed by atoms with Crippen molar-refractivity contribution in [1.29, 1.82) is 0 Å². The first-order valence-corrected chi connectivity index (χ1v) is 7.95. The highest BCUT2D eigenvalue weighted by atomic mass is 16.8. The Morgan fingerprint density at radius 3 is 2.54 bits per heavy atom. The fourth-order valence-electron chi connectivity index (χ4n) is 3.71. The number of aliphatic hydroxyl groups excluding tert-OH is 4. The summed E-state index contributed by atoms with van der Waals surface area (Å²) in [6.07, 6.45) is -3.61. The minimum absolute atomic E-state index is 0.0188. The summed E-state index contributed by atoms with van der Waals surface area (Å²) >= 11 is 0. The van der Waals surface area contributed by atoms with Crippen molar-refractivity contribution in [3.63, 3.8) is 0 Å². The van der Waals surface area contributed by atoms with Gasteiger partial charge in [0.2, 0.25) is 6.29 Å². The van der Waals surface area contributed by atoms with Crippen LogP contribution in [0.25, 0.3) is 0 Å². The summed E-state index contributed by atoms with van der Waals surface area (Å²) in [5.74, 6) is -2.05. The zero-order valence-corrected chi connectivity index (χ0v) is 12.8. The lowest BCUT2D eigenvalue weighted by Gasteiger charge is -2.42. The van der Waals surface area contributed by atoms with E-state index in [1.165, 1.54) is 6.26 Å².